The summed E-state index contributed by atoms with van der Waals surface area (Å²) in [5, 5.41) is 24.5. The first-order valence-corrected chi connectivity index (χ1v) is 8.38. The minimum absolute atomic E-state index is 0.0743. The number of aryl methyl sites for hydroxylation is 2. The zero-order valence-corrected chi connectivity index (χ0v) is 14.1. The summed E-state index contributed by atoms with van der Waals surface area (Å²) in [5.74, 6) is 0.265. The number of aromatic nitrogens is 5. The number of aliphatic hydroxyl groups is 1. The summed E-state index contributed by atoms with van der Waals surface area (Å²) in [6.45, 7) is 2.68. The molecule has 0 unspecified atom stereocenters. The Hall–Kier alpha value is -2.22. The highest BCUT2D eigenvalue weighted by molar-refractivity contribution is 5.92. The second-order valence-electron chi connectivity index (χ2n) is 6.47. The van der Waals surface area contributed by atoms with Crippen LogP contribution in [0.25, 0.3) is 0 Å². The molecule has 2 atom stereocenters. The van der Waals surface area contributed by atoms with Crippen LogP contribution in [0, 0.1) is 12.8 Å². The lowest BCUT2D eigenvalue weighted by atomic mass is 10.0. The van der Waals surface area contributed by atoms with E-state index in [1.165, 1.54) is 0 Å². The number of carbonyl (C=O) groups excluding carboxylic acids is 1. The highest BCUT2D eigenvalue weighted by Crippen LogP contribution is 2.27. The van der Waals surface area contributed by atoms with Gasteiger partial charge in [0, 0.05) is 38.9 Å². The zero-order valence-electron chi connectivity index (χ0n) is 14.1. The van der Waals surface area contributed by atoms with E-state index in [2.05, 4.69) is 20.7 Å². The standard InChI is InChI=1S/C16H24N6O2/c1-11-8-15(21(2)19-11)16(24)17-14-5-3-4-12(14)9-22-10-13(6-7-23)18-20-22/h8,10,12,14,23H,3-7,9H2,1-2H3,(H,17,24)/t12-,14-/m1/s1. The number of nitrogens with one attached hydrogen (secondary N) is 1. The zero-order chi connectivity index (χ0) is 17.1. The average molecular weight is 332 g/mol. The van der Waals surface area contributed by atoms with Crippen LogP contribution < -0.4 is 5.32 Å². The minimum Gasteiger partial charge on any atom is -0.396 e. The van der Waals surface area contributed by atoms with E-state index in [0.29, 0.717) is 18.0 Å². The van der Waals surface area contributed by atoms with Gasteiger partial charge in [-0.1, -0.05) is 11.6 Å². The topological polar surface area (TPSA) is 97.9 Å². The first-order valence-electron chi connectivity index (χ1n) is 8.38. The maximum atomic E-state index is 12.5. The van der Waals surface area contributed by atoms with Crippen molar-refractivity contribution in [3.05, 3.63) is 29.3 Å². The number of hydrogen-bond donors (Lipinski definition) is 2. The fourth-order valence-electron chi connectivity index (χ4n) is 3.41. The normalized spacial score (nSPS) is 20.5. The minimum atomic E-state index is -0.0745. The van der Waals surface area contributed by atoms with Crippen molar-refractivity contribution in [2.45, 2.75) is 45.2 Å². The van der Waals surface area contributed by atoms with Crippen molar-refractivity contribution >= 4 is 5.91 Å². The quantitative estimate of drug-likeness (QED) is 0.800. The third-order valence-electron chi connectivity index (χ3n) is 4.59. The van der Waals surface area contributed by atoms with Crippen LogP contribution in [-0.4, -0.2) is 48.4 Å². The van der Waals surface area contributed by atoms with E-state index in [1.54, 1.807) is 17.8 Å². The Labute approximate surface area is 140 Å². The number of rotatable bonds is 6. The van der Waals surface area contributed by atoms with Crippen LogP contribution in [-0.2, 0) is 20.0 Å². The molecule has 130 valence electrons. The van der Waals surface area contributed by atoms with Gasteiger partial charge in [-0.25, -0.2) is 0 Å². The number of nitrogens with zero attached hydrogens (tertiary/aromatic N) is 5. The van der Waals surface area contributed by atoms with Crippen molar-refractivity contribution in [2.24, 2.45) is 13.0 Å². The number of aliphatic hydroxyl groups excluding tert-OH is 1. The molecule has 8 heteroatoms. The van der Waals surface area contributed by atoms with E-state index in [4.69, 9.17) is 5.11 Å². The fourth-order valence-corrected chi connectivity index (χ4v) is 3.41. The first-order chi connectivity index (χ1) is 11.6. The summed E-state index contributed by atoms with van der Waals surface area (Å²) in [7, 11) is 1.78. The molecule has 0 aromatic carbocycles. The van der Waals surface area contributed by atoms with Crippen LogP contribution >= 0.6 is 0 Å². The maximum absolute atomic E-state index is 12.5. The van der Waals surface area contributed by atoms with Gasteiger partial charge in [-0.15, -0.1) is 5.10 Å². The molecule has 1 aliphatic rings. The molecule has 1 amide bonds. The molecule has 2 heterocycles. The highest BCUT2D eigenvalue weighted by atomic mass is 16.3. The van der Waals surface area contributed by atoms with Crippen LogP contribution in [0.1, 0.15) is 41.1 Å². The van der Waals surface area contributed by atoms with Gasteiger partial charge in [0.2, 0.25) is 0 Å². The molecule has 8 nitrogen and oxygen atoms in total. The lowest BCUT2D eigenvalue weighted by Gasteiger charge is -2.20. The van der Waals surface area contributed by atoms with Gasteiger partial charge in [0.05, 0.1) is 11.4 Å². The smallest absolute Gasteiger partial charge is 0.269 e. The summed E-state index contributed by atoms with van der Waals surface area (Å²) in [5.41, 5.74) is 2.22. The monoisotopic (exact) mass is 332 g/mol. The third-order valence-corrected chi connectivity index (χ3v) is 4.59. The summed E-state index contributed by atoms with van der Waals surface area (Å²) < 4.78 is 3.43. The van der Waals surface area contributed by atoms with Gasteiger partial charge < -0.3 is 10.4 Å². The number of carbonyl (C=O) groups is 1. The molecule has 2 aromatic heterocycles. The molecule has 0 radical (unpaired) electrons. The van der Waals surface area contributed by atoms with Gasteiger partial charge in [-0.05, 0) is 31.7 Å². The summed E-state index contributed by atoms with van der Waals surface area (Å²) in [4.78, 5) is 12.5. The Balaban J connectivity index is 1.62. The van der Waals surface area contributed by atoms with Crippen molar-refractivity contribution in [1.29, 1.82) is 0 Å². The largest absolute Gasteiger partial charge is 0.396 e. The molecule has 2 N–H and O–H groups in total. The van der Waals surface area contributed by atoms with Crippen molar-refractivity contribution in [1.82, 2.24) is 30.1 Å². The molecule has 0 saturated heterocycles. The molecule has 24 heavy (non-hydrogen) atoms. The Morgan fingerprint density at radius 2 is 2.29 bits per heavy atom. The predicted octanol–water partition coefficient (Wildman–Crippen LogP) is 0.454. The van der Waals surface area contributed by atoms with Crippen molar-refractivity contribution in [3.8, 4) is 0 Å². The Morgan fingerprint density at radius 3 is 3.00 bits per heavy atom. The summed E-state index contributed by atoms with van der Waals surface area (Å²) in [6, 6.07) is 1.94. The Bertz CT molecular complexity index is 707. The molecular formula is C16H24N6O2. The van der Waals surface area contributed by atoms with Crippen LogP contribution in [0.2, 0.25) is 0 Å². The lowest BCUT2D eigenvalue weighted by molar-refractivity contribution is 0.0915. The van der Waals surface area contributed by atoms with Crippen molar-refractivity contribution < 1.29 is 9.90 Å². The predicted molar refractivity (Wildman–Crippen MR) is 87.4 cm³/mol. The van der Waals surface area contributed by atoms with Crippen molar-refractivity contribution in [2.75, 3.05) is 6.61 Å². The van der Waals surface area contributed by atoms with E-state index in [0.717, 1.165) is 37.2 Å². The van der Waals surface area contributed by atoms with Crippen LogP contribution in [0.15, 0.2) is 12.3 Å². The number of hydrogen-bond acceptors (Lipinski definition) is 5. The lowest BCUT2D eigenvalue weighted by Crippen LogP contribution is -2.39. The third kappa shape index (κ3) is 3.64. The van der Waals surface area contributed by atoms with Gasteiger partial charge in [0.25, 0.3) is 5.91 Å². The highest BCUT2D eigenvalue weighted by Gasteiger charge is 2.30. The van der Waals surface area contributed by atoms with Crippen LogP contribution in [0.5, 0.6) is 0 Å². The first kappa shape index (κ1) is 16.6. The van der Waals surface area contributed by atoms with Crippen LogP contribution in [0.3, 0.4) is 0 Å². The van der Waals surface area contributed by atoms with E-state index >= 15 is 0 Å². The van der Waals surface area contributed by atoms with E-state index < -0.39 is 0 Å². The van der Waals surface area contributed by atoms with Gasteiger partial charge in [-0.2, -0.15) is 5.10 Å². The Morgan fingerprint density at radius 1 is 1.46 bits per heavy atom. The molecule has 1 aliphatic carbocycles. The molecule has 1 fully saturated rings. The maximum Gasteiger partial charge on any atom is 0.269 e. The average Bonchev–Trinajstić information content (AvgIpc) is 3.23. The SMILES string of the molecule is Cc1cc(C(=O)N[C@@H]2CCC[C@@H]2Cn2cc(CCO)nn2)n(C)n1. The number of amides is 1. The second-order valence-corrected chi connectivity index (χ2v) is 6.47. The molecular weight excluding hydrogens is 308 g/mol. The fraction of sp³-hybridized carbons (Fsp3) is 0.625. The van der Waals surface area contributed by atoms with Gasteiger partial charge in [-0.3, -0.25) is 14.2 Å². The molecule has 2 aromatic rings. The summed E-state index contributed by atoms with van der Waals surface area (Å²) >= 11 is 0. The summed E-state index contributed by atoms with van der Waals surface area (Å²) in [6.07, 6.45) is 5.52. The van der Waals surface area contributed by atoms with Gasteiger partial charge in [0.1, 0.15) is 5.69 Å². The Kier molecular flexibility index (Phi) is 4.94. The molecule has 0 aliphatic heterocycles. The van der Waals surface area contributed by atoms with Gasteiger partial charge >= 0.3 is 0 Å². The van der Waals surface area contributed by atoms with E-state index in [1.807, 2.05) is 17.8 Å². The van der Waals surface area contributed by atoms with Crippen molar-refractivity contribution in [3.63, 3.8) is 0 Å². The molecule has 0 bridgehead atoms. The second kappa shape index (κ2) is 7.12. The van der Waals surface area contributed by atoms with E-state index in [9.17, 15) is 4.79 Å². The molecule has 3 rings (SSSR count). The van der Waals surface area contributed by atoms with Gasteiger partial charge in [0.15, 0.2) is 0 Å². The molecule has 0 spiro atoms. The van der Waals surface area contributed by atoms with Crippen LogP contribution in [0.4, 0.5) is 0 Å². The molecule has 1 saturated carbocycles. The van der Waals surface area contributed by atoms with E-state index in [-0.39, 0.29) is 18.6 Å².